The van der Waals surface area contributed by atoms with Gasteiger partial charge < -0.3 is 15.4 Å². The van der Waals surface area contributed by atoms with Crippen molar-refractivity contribution in [1.29, 1.82) is 0 Å². The summed E-state index contributed by atoms with van der Waals surface area (Å²) >= 11 is 0. The quantitative estimate of drug-likeness (QED) is 0.648. The van der Waals surface area contributed by atoms with Crippen molar-refractivity contribution in [2.45, 2.75) is 20.8 Å². The fraction of sp³-hybridized carbons (Fsp3) is 0.130. The molecular weight excluding hydrogens is 352 g/mol. The topological polar surface area (TPSA) is 67.4 Å². The molecule has 5 nitrogen and oxygen atoms in total. The number of anilines is 2. The number of aryl methyl sites for hydroxylation is 3. The maximum absolute atomic E-state index is 12.7. The van der Waals surface area contributed by atoms with E-state index >= 15 is 0 Å². The molecule has 0 aromatic heterocycles. The molecule has 0 spiro atoms. The van der Waals surface area contributed by atoms with E-state index < -0.39 is 0 Å². The van der Waals surface area contributed by atoms with Gasteiger partial charge in [0.1, 0.15) is 5.75 Å². The molecule has 3 aromatic rings. The molecule has 2 amide bonds. The van der Waals surface area contributed by atoms with Crippen molar-refractivity contribution in [3.63, 3.8) is 0 Å². The summed E-state index contributed by atoms with van der Waals surface area (Å²) in [5.41, 5.74) is 5.30. The monoisotopic (exact) mass is 372 g/mol. The van der Waals surface area contributed by atoms with Gasteiger partial charge in [-0.1, -0.05) is 12.1 Å². The number of nitrogens with one attached hydrogen (secondary N) is 2. The molecule has 0 fully saturated rings. The van der Waals surface area contributed by atoms with Crippen molar-refractivity contribution >= 4 is 23.2 Å². The Kier molecular flexibility index (Phi) is 4.35. The summed E-state index contributed by atoms with van der Waals surface area (Å²) in [6.45, 7) is 5.92. The highest BCUT2D eigenvalue weighted by Crippen LogP contribution is 2.37. The van der Waals surface area contributed by atoms with Crippen molar-refractivity contribution in [2.24, 2.45) is 0 Å². The van der Waals surface area contributed by atoms with Crippen molar-refractivity contribution in [3.8, 4) is 11.5 Å². The maximum atomic E-state index is 12.7. The SMILES string of the molecule is Cc1ccc2c(c1)NC(=O)c1cc(NC(=O)c3ccc(C)c(C)c3)ccc1O2. The Morgan fingerprint density at radius 2 is 1.68 bits per heavy atom. The van der Waals surface area contributed by atoms with E-state index in [1.54, 1.807) is 24.3 Å². The summed E-state index contributed by atoms with van der Waals surface area (Å²) in [6, 6.07) is 16.2. The Bertz CT molecular complexity index is 1120. The van der Waals surface area contributed by atoms with Gasteiger partial charge in [-0.25, -0.2) is 0 Å². The molecule has 28 heavy (non-hydrogen) atoms. The summed E-state index contributed by atoms with van der Waals surface area (Å²) in [5, 5.41) is 5.72. The van der Waals surface area contributed by atoms with Gasteiger partial charge in [0, 0.05) is 11.3 Å². The summed E-state index contributed by atoms with van der Waals surface area (Å²) in [5.74, 6) is 0.535. The largest absolute Gasteiger partial charge is 0.454 e. The highest BCUT2D eigenvalue weighted by Gasteiger charge is 2.21. The van der Waals surface area contributed by atoms with E-state index in [0.29, 0.717) is 34.0 Å². The van der Waals surface area contributed by atoms with Crippen LogP contribution in [-0.2, 0) is 0 Å². The molecular formula is C23H20N2O3. The van der Waals surface area contributed by atoms with E-state index in [0.717, 1.165) is 16.7 Å². The lowest BCUT2D eigenvalue weighted by Gasteiger charge is -2.11. The third-order valence-electron chi connectivity index (χ3n) is 4.85. The van der Waals surface area contributed by atoms with E-state index in [2.05, 4.69) is 10.6 Å². The van der Waals surface area contributed by atoms with Crippen LogP contribution >= 0.6 is 0 Å². The first kappa shape index (κ1) is 17.8. The Balaban J connectivity index is 1.62. The van der Waals surface area contributed by atoms with Crippen LogP contribution in [0.2, 0.25) is 0 Å². The van der Waals surface area contributed by atoms with E-state index in [1.807, 2.05) is 51.1 Å². The average molecular weight is 372 g/mol. The summed E-state index contributed by atoms with van der Waals surface area (Å²) in [6.07, 6.45) is 0. The molecule has 0 bridgehead atoms. The second-order valence-corrected chi connectivity index (χ2v) is 7.02. The molecule has 5 heteroatoms. The minimum absolute atomic E-state index is 0.225. The van der Waals surface area contributed by atoms with Crippen LogP contribution in [0.5, 0.6) is 11.5 Å². The molecule has 0 saturated carbocycles. The number of carbonyl (C=O) groups is 2. The molecule has 1 aliphatic rings. The molecule has 0 atom stereocenters. The lowest BCUT2D eigenvalue weighted by atomic mass is 10.1. The first-order chi connectivity index (χ1) is 13.4. The second kappa shape index (κ2) is 6.85. The number of amides is 2. The molecule has 0 radical (unpaired) electrons. The molecule has 0 saturated heterocycles. The number of ether oxygens (including phenoxy) is 1. The van der Waals surface area contributed by atoms with E-state index in [-0.39, 0.29) is 11.8 Å². The van der Waals surface area contributed by atoms with Gasteiger partial charge in [0.25, 0.3) is 11.8 Å². The molecule has 0 unspecified atom stereocenters. The van der Waals surface area contributed by atoms with E-state index in [4.69, 9.17) is 4.74 Å². The fourth-order valence-corrected chi connectivity index (χ4v) is 3.10. The predicted octanol–water partition coefficient (Wildman–Crippen LogP) is 5.22. The van der Waals surface area contributed by atoms with Gasteiger partial charge >= 0.3 is 0 Å². The van der Waals surface area contributed by atoms with Crippen LogP contribution in [0.1, 0.15) is 37.4 Å². The molecule has 140 valence electrons. The highest BCUT2D eigenvalue weighted by molar-refractivity contribution is 6.10. The van der Waals surface area contributed by atoms with Crippen LogP contribution in [0.25, 0.3) is 0 Å². The third kappa shape index (κ3) is 3.34. The maximum Gasteiger partial charge on any atom is 0.259 e. The number of carbonyl (C=O) groups excluding carboxylic acids is 2. The second-order valence-electron chi connectivity index (χ2n) is 7.02. The predicted molar refractivity (Wildman–Crippen MR) is 110 cm³/mol. The zero-order chi connectivity index (χ0) is 19.8. The Hall–Kier alpha value is -3.60. The summed E-state index contributed by atoms with van der Waals surface area (Å²) in [4.78, 5) is 25.2. The minimum Gasteiger partial charge on any atom is -0.454 e. The van der Waals surface area contributed by atoms with Crippen LogP contribution in [0.3, 0.4) is 0 Å². The number of benzene rings is 3. The van der Waals surface area contributed by atoms with Crippen LogP contribution in [0, 0.1) is 20.8 Å². The first-order valence-corrected chi connectivity index (χ1v) is 9.03. The van der Waals surface area contributed by atoms with Gasteiger partial charge in [-0.15, -0.1) is 0 Å². The molecule has 3 aromatic carbocycles. The zero-order valence-electron chi connectivity index (χ0n) is 15.9. The van der Waals surface area contributed by atoms with Crippen LogP contribution in [0.4, 0.5) is 11.4 Å². The molecule has 2 N–H and O–H groups in total. The molecule has 4 rings (SSSR count). The van der Waals surface area contributed by atoms with E-state index in [1.165, 1.54) is 0 Å². The van der Waals surface area contributed by atoms with Gasteiger partial charge in [-0.3, -0.25) is 9.59 Å². The van der Waals surface area contributed by atoms with Gasteiger partial charge in [-0.05, 0) is 79.9 Å². The zero-order valence-corrected chi connectivity index (χ0v) is 15.9. The number of hydrogen-bond acceptors (Lipinski definition) is 3. The summed E-state index contributed by atoms with van der Waals surface area (Å²) < 4.78 is 5.91. The van der Waals surface area contributed by atoms with Gasteiger partial charge in [-0.2, -0.15) is 0 Å². The number of fused-ring (bicyclic) bond motifs is 2. The highest BCUT2D eigenvalue weighted by atomic mass is 16.5. The van der Waals surface area contributed by atoms with Crippen LogP contribution < -0.4 is 15.4 Å². The Morgan fingerprint density at radius 3 is 2.46 bits per heavy atom. The van der Waals surface area contributed by atoms with Gasteiger partial charge in [0.05, 0.1) is 11.3 Å². The van der Waals surface area contributed by atoms with Crippen LogP contribution in [-0.4, -0.2) is 11.8 Å². The normalized spacial score (nSPS) is 12.2. The van der Waals surface area contributed by atoms with Crippen molar-refractivity contribution in [2.75, 3.05) is 10.6 Å². The lowest BCUT2D eigenvalue weighted by molar-refractivity contribution is 0.101. The standard InChI is InChI=1S/C23H20N2O3/c1-13-4-8-21-19(10-13)25-23(27)18-12-17(7-9-20(18)28-21)24-22(26)16-6-5-14(2)15(3)11-16/h4-12H,1-3H3,(H,24,26)(H,25,27). The number of hydrogen-bond donors (Lipinski definition) is 2. The fourth-order valence-electron chi connectivity index (χ4n) is 3.10. The number of rotatable bonds is 2. The molecule has 1 aliphatic heterocycles. The van der Waals surface area contributed by atoms with Gasteiger partial charge in [0.2, 0.25) is 0 Å². The minimum atomic E-state index is -0.276. The Labute approximate surface area is 163 Å². The van der Waals surface area contributed by atoms with E-state index in [9.17, 15) is 9.59 Å². The van der Waals surface area contributed by atoms with Crippen molar-refractivity contribution in [1.82, 2.24) is 0 Å². The van der Waals surface area contributed by atoms with Crippen molar-refractivity contribution in [3.05, 3.63) is 82.4 Å². The van der Waals surface area contributed by atoms with Crippen molar-refractivity contribution < 1.29 is 14.3 Å². The molecule has 0 aliphatic carbocycles. The average Bonchev–Trinajstić information content (AvgIpc) is 2.79. The smallest absolute Gasteiger partial charge is 0.259 e. The Morgan fingerprint density at radius 1 is 0.893 bits per heavy atom. The van der Waals surface area contributed by atoms with Crippen LogP contribution in [0.15, 0.2) is 54.6 Å². The third-order valence-corrected chi connectivity index (χ3v) is 4.85. The first-order valence-electron chi connectivity index (χ1n) is 9.03. The lowest BCUT2D eigenvalue weighted by Crippen LogP contribution is -2.14. The summed E-state index contributed by atoms with van der Waals surface area (Å²) in [7, 11) is 0. The molecule has 1 heterocycles. The van der Waals surface area contributed by atoms with Gasteiger partial charge in [0.15, 0.2) is 5.75 Å².